The minimum atomic E-state index is -0.243. The van der Waals surface area contributed by atoms with Crippen molar-refractivity contribution in [2.45, 2.75) is 215 Å². The van der Waals surface area contributed by atoms with Crippen LogP contribution in [0, 0.1) is 0 Å². The Morgan fingerprint density at radius 3 is 0.656 bits per heavy atom. The molecule has 0 unspecified atom stereocenters. The molecule has 4 nitrogen and oxygen atoms in total. The monoisotopic (exact) mass is 833 g/mol. The molecule has 0 saturated carbocycles. The normalized spacial score (nSPS) is 13.3. The van der Waals surface area contributed by atoms with Crippen molar-refractivity contribution in [3.8, 4) is 23.0 Å². The van der Waals surface area contributed by atoms with Crippen LogP contribution in [0.4, 0.5) is 0 Å². The predicted molar refractivity (Wildman–Crippen MR) is 261 cm³/mol. The number of benzene rings is 4. The second kappa shape index (κ2) is 18.1. The number of rotatable bonds is 18. The van der Waals surface area contributed by atoms with Gasteiger partial charge in [-0.1, -0.05) is 173 Å². The fourth-order valence-electron chi connectivity index (χ4n) is 8.51. The van der Waals surface area contributed by atoms with E-state index in [0.29, 0.717) is 36.5 Å². The Morgan fingerprint density at radius 2 is 0.459 bits per heavy atom. The Balaban J connectivity index is 2.06. The molecular formula is C57H84O4. The topological polar surface area (TPSA) is 80.9 Å². The lowest BCUT2D eigenvalue weighted by Crippen LogP contribution is -2.21. The zero-order chi connectivity index (χ0) is 46.3. The molecule has 4 aromatic carbocycles. The molecule has 0 radical (unpaired) electrons. The van der Waals surface area contributed by atoms with E-state index < -0.39 is 0 Å². The molecule has 61 heavy (non-hydrogen) atoms. The van der Waals surface area contributed by atoms with Crippen molar-refractivity contribution in [1.29, 1.82) is 0 Å². The van der Waals surface area contributed by atoms with Crippen molar-refractivity contribution >= 4 is 0 Å². The van der Waals surface area contributed by atoms with Gasteiger partial charge in [-0.25, -0.2) is 0 Å². The molecule has 0 fully saturated rings. The number of phenolic OH excluding ortho intramolecular Hbond substituents is 4. The van der Waals surface area contributed by atoms with Crippen LogP contribution in [0.1, 0.15) is 230 Å². The highest BCUT2D eigenvalue weighted by Crippen LogP contribution is 2.47. The van der Waals surface area contributed by atoms with Crippen molar-refractivity contribution < 1.29 is 20.4 Å². The lowest BCUT2D eigenvalue weighted by atomic mass is 9.74. The van der Waals surface area contributed by atoms with Gasteiger partial charge < -0.3 is 20.4 Å². The van der Waals surface area contributed by atoms with Crippen molar-refractivity contribution in [2.24, 2.45) is 0 Å². The van der Waals surface area contributed by atoms with Crippen LogP contribution in [-0.2, 0) is 51.8 Å². The van der Waals surface area contributed by atoms with Crippen molar-refractivity contribution in [3.63, 3.8) is 0 Å². The first-order valence-corrected chi connectivity index (χ1v) is 23.5. The van der Waals surface area contributed by atoms with E-state index in [1.54, 1.807) is 0 Å². The minimum Gasteiger partial charge on any atom is -0.507 e. The number of phenols is 4. The molecule has 4 aromatic rings. The van der Waals surface area contributed by atoms with Crippen molar-refractivity contribution in [3.05, 3.63) is 115 Å². The Bertz CT molecular complexity index is 1970. The first kappa shape index (κ1) is 49.7. The third-order valence-electron chi connectivity index (χ3n) is 15.7. The summed E-state index contributed by atoms with van der Waals surface area (Å²) in [6.45, 7) is 39.5. The van der Waals surface area contributed by atoms with Crippen LogP contribution in [0.25, 0.3) is 0 Å². The molecule has 0 bridgehead atoms. The van der Waals surface area contributed by atoms with Gasteiger partial charge in [0.15, 0.2) is 0 Å². The maximum Gasteiger partial charge on any atom is 0.123 e. The average Bonchev–Trinajstić information content (AvgIpc) is 3.20. The molecule has 4 heteroatoms. The highest BCUT2D eigenvalue weighted by molar-refractivity contribution is 5.57. The molecule has 4 N–H and O–H groups in total. The molecule has 336 valence electrons. The van der Waals surface area contributed by atoms with Crippen molar-refractivity contribution in [2.75, 3.05) is 0 Å². The van der Waals surface area contributed by atoms with Gasteiger partial charge in [0.25, 0.3) is 0 Å². The Morgan fingerprint density at radius 1 is 0.279 bits per heavy atom. The average molecular weight is 833 g/mol. The largest absolute Gasteiger partial charge is 0.507 e. The SMILES string of the molecule is CCC(C)(C)c1cc(Cc2cc(Cc3cc(C(C)(C)CC)c(O)c(C(C)(C)CC)c3)c(O)c(Cc3cc(C(C)(C)CC)c(O)c(C(C)(C)CC)c3)c2)cc(C(C)(C)CC)c1O. The summed E-state index contributed by atoms with van der Waals surface area (Å²) in [5.41, 5.74) is 10.4. The standard InChI is InChI=1S/C57H84O4/c1-19-52(7,8)42-30-37(31-43(49(42)59)53(9,10)20-2)25-36-26-40(28-38-32-44(54(11,12)21-3)50(60)45(33-38)55(13,14)22-4)48(58)41(27-36)29-39-34-46(56(15,16)23-5)51(61)47(35-39)57(17,18)24-6/h26-27,30-35,58-61H,19-25,28-29H2,1-18H3. The summed E-state index contributed by atoms with van der Waals surface area (Å²) in [6, 6.07) is 17.4. The quantitative estimate of drug-likeness (QED) is 0.0805. The molecule has 0 saturated heterocycles. The predicted octanol–water partition coefficient (Wildman–Crippen LogP) is 15.4. The zero-order valence-corrected chi connectivity index (χ0v) is 41.8. The first-order valence-electron chi connectivity index (χ1n) is 23.5. The van der Waals surface area contributed by atoms with E-state index >= 15 is 0 Å². The highest BCUT2D eigenvalue weighted by atomic mass is 16.3. The number of aromatic hydroxyl groups is 4. The van der Waals surface area contributed by atoms with E-state index in [9.17, 15) is 20.4 Å². The lowest BCUT2D eigenvalue weighted by molar-refractivity contribution is 0.399. The second-order valence-corrected chi connectivity index (χ2v) is 22.3. The third kappa shape index (κ3) is 10.3. The van der Waals surface area contributed by atoms with Gasteiger partial charge in [-0.05, 0) is 111 Å². The maximum absolute atomic E-state index is 12.5. The van der Waals surface area contributed by atoms with Gasteiger partial charge in [-0.2, -0.15) is 0 Å². The molecule has 0 aliphatic rings. The van der Waals surface area contributed by atoms with E-state index in [-0.39, 0.29) is 38.2 Å². The van der Waals surface area contributed by atoms with E-state index in [2.05, 4.69) is 173 Å². The van der Waals surface area contributed by atoms with Gasteiger partial charge in [0.1, 0.15) is 23.0 Å². The Labute approximate surface area is 372 Å². The van der Waals surface area contributed by atoms with E-state index in [0.717, 1.165) is 105 Å². The highest BCUT2D eigenvalue weighted by Gasteiger charge is 2.33. The van der Waals surface area contributed by atoms with E-state index in [1.807, 2.05) is 0 Å². The third-order valence-corrected chi connectivity index (χ3v) is 15.7. The minimum absolute atomic E-state index is 0.219. The lowest BCUT2D eigenvalue weighted by Gasteiger charge is -2.32. The molecule has 0 aliphatic heterocycles. The van der Waals surface area contributed by atoms with Gasteiger partial charge in [0.2, 0.25) is 0 Å². The van der Waals surface area contributed by atoms with Crippen LogP contribution in [0.15, 0.2) is 48.5 Å². The van der Waals surface area contributed by atoms with Gasteiger partial charge in [0, 0.05) is 46.2 Å². The number of hydrogen-bond donors (Lipinski definition) is 4. The summed E-state index contributed by atoms with van der Waals surface area (Å²) < 4.78 is 0. The van der Waals surface area contributed by atoms with Gasteiger partial charge >= 0.3 is 0 Å². The molecule has 0 spiro atoms. The summed E-state index contributed by atoms with van der Waals surface area (Å²) in [5.74, 6) is 1.46. The molecule has 0 heterocycles. The summed E-state index contributed by atoms with van der Waals surface area (Å²) in [4.78, 5) is 0. The molecule has 4 rings (SSSR count). The van der Waals surface area contributed by atoms with Crippen LogP contribution >= 0.6 is 0 Å². The molecule has 0 aliphatic carbocycles. The fraction of sp³-hybridized carbons (Fsp3) is 0.579. The zero-order valence-electron chi connectivity index (χ0n) is 41.8. The molecule has 0 atom stereocenters. The fourth-order valence-corrected chi connectivity index (χ4v) is 8.51. The Kier molecular flexibility index (Phi) is 14.7. The molecular weight excluding hydrogens is 749 g/mol. The van der Waals surface area contributed by atoms with Gasteiger partial charge in [0.05, 0.1) is 0 Å². The summed E-state index contributed by atoms with van der Waals surface area (Å²) in [6.07, 6.45) is 6.93. The van der Waals surface area contributed by atoms with Gasteiger partial charge in [-0.3, -0.25) is 0 Å². The molecule has 0 amide bonds. The first-order chi connectivity index (χ1) is 28.1. The smallest absolute Gasteiger partial charge is 0.123 e. The summed E-state index contributed by atoms with van der Waals surface area (Å²) >= 11 is 0. The van der Waals surface area contributed by atoms with Crippen molar-refractivity contribution in [1.82, 2.24) is 0 Å². The van der Waals surface area contributed by atoms with Crippen LogP contribution in [-0.4, -0.2) is 20.4 Å². The number of hydrogen-bond acceptors (Lipinski definition) is 4. The second-order valence-electron chi connectivity index (χ2n) is 22.3. The Hall–Kier alpha value is -3.92. The maximum atomic E-state index is 12.5. The van der Waals surface area contributed by atoms with Crippen LogP contribution in [0.3, 0.4) is 0 Å². The van der Waals surface area contributed by atoms with E-state index in [4.69, 9.17) is 0 Å². The van der Waals surface area contributed by atoms with Crippen LogP contribution in [0.5, 0.6) is 23.0 Å². The van der Waals surface area contributed by atoms with E-state index in [1.165, 1.54) is 0 Å². The summed E-state index contributed by atoms with van der Waals surface area (Å²) in [7, 11) is 0. The van der Waals surface area contributed by atoms with Crippen LogP contribution < -0.4 is 0 Å². The van der Waals surface area contributed by atoms with Gasteiger partial charge in [-0.15, -0.1) is 0 Å². The molecule has 0 aromatic heterocycles. The van der Waals surface area contributed by atoms with Crippen LogP contribution in [0.2, 0.25) is 0 Å². The summed E-state index contributed by atoms with van der Waals surface area (Å²) in [5, 5.41) is 48.0.